The Morgan fingerprint density at radius 3 is 2.60 bits per heavy atom. The molecular formula is C15H13ClN2O6S. The standard InChI is InChI=1S/C15H13ClN2O6S/c1-24-14-6-5-13(25(16,22)23)8-11(14)9-17-15(19)10-3-2-4-12(7-10)18(20)21/h2-8H,9H2,1H3,(H,17,19). The lowest BCUT2D eigenvalue weighted by Gasteiger charge is -2.11. The van der Waals surface area contributed by atoms with Gasteiger partial charge in [-0.15, -0.1) is 0 Å². The fourth-order valence-electron chi connectivity index (χ4n) is 2.08. The van der Waals surface area contributed by atoms with Crippen LogP contribution in [0.25, 0.3) is 0 Å². The van der Waals surface area contributed by atoms with Gasteiger partial charge in [0.15, 0.2) is 0 Å². The summed E-state index contributed by atoms with van der Waals surface area (Å²) < 4.78 is 28.0. The van der Waals surface area contributed by atoms with Gasteiger partial charge in [-0.25, -0.2) is 8.42 Å². The van der Waals surface area contributed by atoms with Crippen LogP contribution in [0.15, 0.2) is 47.4 Å². The highest BCUT2D eigenvalue weighted by molar-refractivity contribution is 8.13. The Balaban J connectivity index is 2.21. The summed E-state index contributed by atoms with van der Waals surface area (Å²) in [6.07, 6.45) is 0. The van der Waals surface area contributed by atoms with E-state index in [0.717, 1.165) is 6.07 Å². The summed E-state index contributed by atoms with van der Waals surface area (Å²) >= 11 is 0. The third-order valence-electron chi connectivity index (χ3n) is 3.29. The van der Waals surface area contributed by atoms with Crippen LogP contribution in [0.1, 0.15) is 15.9 Å². The first-order chi connectivity index (χ1) is 11.7. The van der Waals surface area contributed by atoms with Gasteiger partial charge in [0, 0.05) is 40.5 Å². The number of non-ortho nitro benzene ring substituents is 1. The van der Waals surface area contributed by atoms with E-state index in [1.807, 2.05) is 0 Å². The Morgan fingerprint density at radius 2 is 2.00 bits per heavy atom. The SMILES string of the molecule is COc1ccc(S(=O)(=O)Cl)cc1CNC(=O)c1cccc([N+](=O)[O-])c1. The van der Waals surface area contributed by atoms with Crippen LogP contribution in [-0.2, 0) is 15.6 Å². The third-order valence-corrected chi connectivity index (χ3v) is 4.64. The number of nitro groups is 1. The summed E-state index contributed by atoms with van der Waals surface area (Å²) in [6.45, 7) is -0.0506. The van der Waals surface area contributed by atoms with Crippen LogP contribution in [-0.4, -0.2) is 26.4 Å². The van der Waals surface area contributed by atoms with E-state index in [4.69, 9.17) is 15.4 Å². The van der Waals surface area contributed by atoms with Gasteiger partial charge in [0.2, 0.25) is 0 Å². The van der Waals surface area contributed by atoms with Crippen LogP contribution in [0.4, 0.5) is 5.69 Å². The largest absolute Gasteiger partial charge is 0.496 e. The lowest BCUT2D eigenvalue weighted by Crippen LogP contribution is -2.23. The highest BCUT2D eigenvalue weighted by Crippen LogP contribution is 2.24. The molecule has 0 aliphatic rings. The number of hydrogen-bond acceptors (Lipinski definition) is 6. The van der Waals surface area contributed by atoms with E-state index < -0.39 is 19.9 Å². The summed E-state index contributed by atoms with van der Waals surface area (Å²) in [4.78, 5) is 22.2. The Bertz CT molecular complexity index is 929. The first-order valence-electron chi connectivity index (χ1n) is 6.86. The fourth-order valence-corrected chi connectivity index (χ4v) is 2.88. The maximum atomic E-state index is 12.2. The van der Waals surface area contributed by atoms with Gasteiger partial charge < -0.3 is 10.1 Å². The maximum absolute atomic E-state index is 12.2. The zero-order valence-electron chi connectivity index (χ0n) is 12.9. The summed E-state index contributed by atoms with van der Waals surface area (Å²) in [5.41, 5.74) is 0.290. The minimum atomic E-state index is -3.93. The van der Waals surface area contributed by atoms with E-state index in [9.17, 15) is 23.3 Å². The molecule has 0 aromatic heterocycles. The van der Waals surface area contributed by atoms with Crippen molar-refractivity contribution in [1.82, 2.24) is 5.32 Å². The number of methoxy groups -OCH3 is 1. The number of halogens is 1. The van der Waals surface area contributed by atoms with Crippen molar-refractivity contribution in [3.8, 4) is 5.75 Å². The van der Waals surface area contributed by atoms with Crippen molar-refractivity contribution in [2.45, 2.75) is 11.4 Å². The van der Waals surface area contributed by atoms with Crippen LogP contribution in [0.2, 0.25) is 0 Å². The predicted octanol–water partition coefficient (Wildman–Crippen LogP) is 2.46. The molecule has 132 valence electrons. The van der Waals surface area contributed by atoms with Crippen LogP contribution in [0, 0.1) is 10.1 Å². The molecule has 10 heteroatoms. The number of benzene rings is 2. The number of ether oxygens (including phenoxy) is 1. The van der Waals surface area contributed by atoms with E-state index in [1.165, 1.54) is 43.5 Å². The van der Waals surface area contributed by atoms with Crippen LogP contribution >= 0.6 is 10.7 Å². The highest BCUT2D eigenvalue weighted by atomic mass is 35.7. The predicted molar refractivity (Wildman–Crippen MR) is 90.3 cm³/mol. The quantitative estimate of drug-likeness (QED) is 0.464. The Kier molecular flexibility index (Phi) is 5.60. The Labute approximate surface area is 147 Å². The zero-order chi connectivity index (χ0) is 18.6. The molecule has 0 bridgehead atoms. The number of nitrogens with zero attached hydrogens (tertiary/aromatic N) is 1. The van der Waals surface area contributed by atoms with Crippen molar-refractivity contribution in [1.29, 1.82) is 0 Å². The number of carbonyl (C=O) groups is 1. The number of hydrogen-bond donors (Lipinski definition) is 1. The lowest BCUT2D eigenvalue weighted by atomic mass is 10.1. The van der Waals surface area contributed by atoms with Gasteiger partial charge in [-0.2, -0.15) is 0 Å². The normalized spacial score (nSPS) is 11.0. The van der Waals surface area contributed by atoms with E-state index in [0.29, 0.717) is 11.3 Å². The molecule has 0 saturated carbocycles. The van der Waals surface area contributed by atoms with Crippen molar-refractivity contribution in [2.75, 3.05) is 7.11 Å². The molecule has 0 aliphatic carbocycles. The molecule has 2 rings (SSSR count). The van der Waals surface area contributed by atoms with Gasteiger partial charge in [0.25, 0.3) is 20.6 Å². The Hall–Kier alpha value is -2.65. The summed E-state index contributed by atoms with van der Waals surface area (Å²) in [7, 11) is 2.78. The Morgan fingerprint density at radius 1 is 1.28 bits per heavy atom. The zero-order valence-corrected chi connectivity index (χ0v) is 14.5. The minimum Gasteiger partial charge on any atom is -0.496 e. The second-order valence-electron chi connectivity index (χ2n) is 4.90. The molecule has 0 atom stereocenters. The summed E-state index contributed by atoms with van der Waals surface area (Å²) in [5, 5.41) is 13.3. The average Bonchev–Trinajstić information content (AvgIpc) is 2.58. The van der Waals surface area contributed by atoms with Crippen LogP contribution < -0.4 is 10.1 Å². The van der Waals surface area contributed by atoms with Gasteiger partial charge in [0.05, 0.1) is 16.9 Å². The molecule has 0 aliphatic heterocycles. The first-order valence-corrected chi connectivity index (χ1v) is 9.17. The fraction of sp³-hybridized carbons (Fsp3) is 0.133. The minimum absolute atomic E-state index is 0.0506. The molecule has 1 N–H and O–H groups in total. The molecule has 0 unspecified atom stereocenters. The topological polar surface area (TPSA) is 116 Å². The maximum Gasteiger partial charge on any atom is 0.270 e. The van der Waals surface area contributed by atoms with E-state index in [1.54, 1.807) is 0 Å². The van der Waals surface area contributed by atoms with Crippen molar-refractivity contribution < 1.29 is 22.9 Å². The van der Waals surface area contributed by atoms with Gasteiger partial charge in [-0.05, 0) is 24.3 Å². The highest BCUT2D eigenvalue weighted by Gasteiger charge is 2.15. The summed E-state index contributed by atoms with van der Waals surface area (Å²) in [6, 6.07) is 9.24. The van der Waals surface area contributed by atoms with Crippen molar-refractivity contribution in [3.05, 3.63) is 63.7 Å². The van der Waals surface area contributed by atoms with Crippen molar-refractivity contribution in [3.63, 3.8) is 0 Å². The van der Waals surface area contributed by atoms with E-state index in [2.05, 4.69) is 5.32 Å². The van der Waals surface area contributed by atoms with Crippen LogP contribution in [0.3, 0.4) is 0 Å². The number of nitrogens with one attached hydrogen (secondary N) is 1. The molecular weight excluding hydrogens is 372 g/mol. The van der Waals surface area contributed by atoms with Gasteiger partial charge in [0.1, 0.15) is 5.75 Å². The lowest BCUT2D eigenvalue weighted by molar-refractivity contribution is -0.384. The second-order valence-corrected chi connectivity index (χ2v) is 7.47. The number of nitro benzene ring substituents is 1. The van der Waals surface area contributed by atoms with Gasteiger partial charge >= 0.3 is 0 Å². The second kappa shape index (κ2) is 7.49. The number of rotatable bonds is 6. The monoisotopic (exact) mass is 384 g/mol. The van der Waals surface area contributed by atoms with Crippen LogP contribution in [0.5, 0.6) is 5.75 Å². The van der Waals surface area contributed by atoms with E-state index >= 15 is 0 Å². The molecule has 2 aromatic carbocycles. The molecule has 0 radical (unpaired) electrons. The van der Waals surface area contributed by atoms with Gasteiger partial charge in [-0.3, -0.25) is 14.9 Å². The number of amides is 1. The van der Waals surface area contributed by atoms with Crippen molar-refractivity contribution >= 4 is 31.3 Å². The molecule has 2 aromatic rings. The van der Waals surface area contributed by atoms with Crippen molar-refractivity contribution in [2.24, 2.45) is 0 Å². The number of carbonyl (C=O) groups excluding carboxylic acids is 1. The molecule has 1 amide bonds. The molecule has 25 heavy (non-hydrogen) atoms. The molecule has 0 saturated heterocycles. The average molecular weight is 385 g/mol. The molecule has 0 spiro atoms. The summed E-state index contributed by atoms with van der Waals surface area (Å²) in [5.74, 6) is -0.187. The van der Waals surface area contributed by atoms with Gasteiger partial charge in [-0.1, -0.05) is 6.07 Å². The smallest absolute Gasteiger partial charge is 0.270 e. The molecule has 0 fully saturated rings. The first kappa shape index (κ1) is 18.7. The third kappa shape index (κ3) is 4.68. The molecule has 0 heterocycles. The molecule has 8 nitrogen and oxygen atoms in total. The van der Waals surface area contributed by atoms with E-state index in [-0.39, 0.29) is 22.7 Å².